The number of rotatable bonds is 5. The van der Waals surface area contributed by atoms with Crippen molar-refractivity contribution in [3.8, 4) is 5.75 Å². The van der Waals surface area contributed by atoms with Crippen LogP contribution in [0.25, 0.3) is 0 Å². The molecule has 0 aromatic heterocycles. The van der Waals surface area contributed by atoms with Gasteiger partial charge in [-0.2, -0.15) is 0 Å². The van der Waals surface area contributed by atoms with Gasteiger partial charge in [-0.1, -0.05) is 0 Å². The zero-order valence-corrected chi connectivity index (χ0v) is 17.2. The number of anilines is 1. The Hall–Kier alpha value is -2.28. The summed E-state index contributed by atoms with van der Waals surface area (Å²) in [4.78, 5) is 28.4. The molecule has 28 heavy (non-hydrogen) atoms. The normalized spacial score (nSPS) is 24.1. The minimum atomic E-state index is -0.0625. The zero-order valence-electron chi connectivity index (χ0n) is 17.2. The molecule has 2 aliphatic rings. The maximum atomic E-state index is 12.6. The lowest BCUT2D eigenvalue weighted by Crippen LogP contribution is -2.46. The number of fused-ring (bicyclic) bond motifs is 1. The number of nitrogens with zero attached hydrogens (tertiary/aromatic N) is 2. The average Bonchev–Trinajstić information content (AvgIpc) is 2.70. The van der Waals surface area contributed by atoms with Crippen LogP contribution < -0.4 is 15.0 Å². The fourth-order valence-electron chi connectivity index (χ4n) is 3.94. The number of amides is 2. The maximum absolute atomic E-state index is 12.6. The van der Waals surface area contributed by atoms with Crippen LogP contribution in [0.4, 0.5) is 5.69 Å². The highest BCUT2D eigenvalue weighted by Gasteiger charge is 2.29. The Morgan fingerprint density at radius 2 is 1.96 bits per heavy atom. The second-order valence-corrected chi connectivity index (χ2v) is 7.94. The molecule has 1 atom stereocenters. The molecule has 1 saturated carbocycles. The van der Waals surface area contributed by atoms with Gasteiger partial charge in [0.1, 0.15) is 12.4 Å². The van der Waals surface area contributed by atoms with E-state index in [1.54, 1.807) is 32.2 Å². The highest BCUT2D eigenvalue weighted by Crippen LogP contribution is 2.34. The number of hydrogen-bond donors (Lipinski definition) is 1. The predicted molar refractivity (Wildman–Crippen MR) is 108 cm³/mol. The molecule has 1 N–H and O–H groups in total. The van der Waals surface area contributed by atoms with E-state index in [4.69, 9.17) is 9.47 Å². The van der Waals surface area contributed by atoms with Crippen LogP contribution in [-0.2, 0) is 9.53 Å². The quantitative estimate of drug-likeness (QED) is 0.835. The van der Waals surface area contributed by atoms with Crippen LogP contribution >= 0.6 is 0 Å². The Morgan fingerprint density at radius 3 is 2.61 bits per heavy atom. The molecule has 1 fully saturated rings. The number of likely N-dealkylation sites (N-methyl/N-ethyl adjacent to an activating group) is 1. The molecule has 3 rings (SSSR count). The lowest BCUT2D eigenvalue weighted by atomic mass is 9.93. The standard InChI is InChI=1S/C21H31N3O4/c1-23(2)21(26)14-5-10-19-18(11-14)24(3)16(13-28-19)12-20(25)22-15-6-8-17(27-4)9-7-15/h5,10-11,15-17H,6-9,12-13H2,1-4H3,(H,22,25). The van der Waals surface area contributed by atoms with Gasteiger partial charge < -0.3 is 24.6 Å². The smallest absolute Gasteiger partial charge is 0.253 e. The van der Waals surface area contributed by atoms with Gasteiger partial charge in [-0.15, -0.1) is 0 Å². The number of nitrogens with one attached hydrogen (secondary N) is 1. The molecule has 0 spiro atoms. The molecule has 0 radical (unpaired) electrons. The molecule has 1 aliphatic heterocycles. The number of methoxy groups -OCH3 is 1. The van der Waals surface area contributed by atoms with Gasteiger partial charge >= 0.3 is 0 Å². The van der Waals surface area contributed by atoms with E-state index in [9.17, 15) is 9.59 Å². The van der Waals surface area contributed by atoms with Crippen molar-refractivity contribution in [3.05, 3.63) is 23.8 Å². The molecule has 1 aromatic rings. The Kier molecular flexibility index (Phi) is 6.44. The van der Waals surface area contributed by atoms with Crippen LogP contribution in [0.5, 0.6) is 5.75 Å². The largest absolute Gasteiger partial charge is 0.489 e. The highest BCUT2D eigenvalue weighted by atomic mass is 16.5. The van der Waals surface area contributed by atoms with E-state index in [-0.39, 0.29) is 23.9 Å². The molecule has 1 aliphatic carbocycles. The minimum absolute atomic E-state index is 0.0466. The number of carbonyl (C=O) groups excluding carboxylic acids is 2. The summed E-state index contributed by atoms with van der Waals surface area (Å²) in [5, 5.41) is 3.16. The van der Waals surface area contributed by atoms with Gasteiger partial charge in [0, 0.05) is 39.9 Å². The molecular formula is C21H31N3O4. The lowest BCUT2D eigenvalue weighted by molar-refractivity contribution is -0.122. The first-order valence-corrected chi connectivity index (χ1v) is 9.92. The average molecular weight is 389 g/mol. The summed E-state index contributed by atoms with van der Waals surface area (Å²) in [6.45, 7) is 0.453. The molecule has 2 amide bonds. The molecule has 7 nitrogen and oxygen atoms in total. The SMILES string of the molecule is COC1CCC(NC(=O)CC2COc3ccc(C(=O)N(C)C)cc3N2C)CC1. The van der Waals surface area contributed by atoms with E-state index in [2.05, 4.69) is 5.32 Å². The summed E-state index contributed by atoms with van der Waals surface area (Å²) in [6, 6.07) is 5.61. The fourth-order valence-corrected chi connectivity index (χ4v) is 3.94. The van der Waals surface area contributed by atoms with Crippen molar-refractivity contribution in [2.45, 2.75) is 50.3 Å². The summed E-state index contributed by atoms with van der Waals surface area (Å²) < 4.78 is 11.2. The Labute approximate surface area is 167 Å². The van der Waals surface area contributed by atoms with Crippen LogP contribution in [0, 0.1) is 0 Å². The summed E-state index contributed by atoms with van der Waals surface area (Å²) in [5.41, 5.74) is 1.46. The van der Waals surface area contributed by atoms with Crippen molar-refractivity contribution in [3.63, 3.8) is 0 Å². The predicted octanol–water partition coefficient (Wildman–Crippen LogP) is 2.05. The highest BCUT2D eigenvalue weighted by molar-refractivity contribution is 5.95. The van der Waals surface area contributed by atoms with Gasteiger partial charge in [-0.05, 0) is 43.9 Å². The monoisotopic (exact) mass is 389 g/mol. The second-order valence-electron chi connectivity index (χ2n) is 7.94. The van der Waals surface area contributed by atoms with E-state index in [0.717, 1.165) is 37.1 Å². The number of ether oxygens (including phenoxy) is 2. The van der Waals surface area contributed by atoms with Crippen LogP contribution in [-0.4, -0.2) is 69.8 Å². The number of hydrogen-bond acceptors (Lipinski definition) is 5. The van der Waals surface area contributed by atoms with E-state index in [1.165, 1.54) is 0 Å². The molecule has 0 bridgehead atoms. The number of carbonyl (C=O) groups is 2. The maximum Gasteiger partial charge on any atom is 0.253 e. The lowest BCUT2D eigenvalue weighted by Gasteiger charge is -2.36. The number of benzene rings is 1. The van der Waals surface area contributed by atoms with Crippen molar-refractivity contribution < 1.29 is 19.1 Å². The topological polar surface area (TPSA) is 71.1 Å². The first-order valence-electron chi connectivity index (χ1n) is 9.92. The minimum Gasteiger partial charge on any atom is -0.489 e. The Morgan fingerprint density at radius 1 is 1.25 bits per heavy atom. The summed E-state index contributed by atoms with van der Waals surface area (Å²) >= 11 is 0. The van der Waals surface area contributed by atoms with Gasteiger partial charge in [0.25, 0.3) is 5.91 Å². The van der Waals surface area contributed by atoms with E-state index in [1.807, 2.05) is 24.1 Å². The summed E-state index contributed by atoms with van der Waals surface area (Å²) in [6.07, 6.45) is 4.58. The van der Waals surface area contributed by atoms with Gasteiger partial charge in [-0.25, -0.2) is 0 Å². The van der Waals surface area contributed by atoms with Crippen molar-refractivity contribution >= 4 is 17.5 Å². The van der Waals surface area contributed by atoms with Gasteiger partial charge in [0.05, 0.1) is 24.3 Å². The Bertz CT molecular complexity index is 714. The second kappa shape index (κ2) is 8.82. The molecule has 1 aromatic carbocycles. The fraction of sp³-hybridized carbons (Fsp3) is 0.619. The first-order chi connectivity index (χ1) is 13.4. The van der Waals surface area contributed by atoms with Crippen LogP contribution in [0.1, 0.15) is 42.5 Å². The van der Waals surface area contributed by atoms with Gasteiger partial charge in [0.15, 0.2) is 0 Å². The summed E-state index contributed by atoms with van der Waals surface area (Å²) in [7, 11) is 7.16. The van der Waals surface area contributed by atoms with Crippen molar-refractivity contribution in [1.29, 1.82) is 0 Å². The molecule has 0 saturated heterocycles. The van der Waals surface area contributed by atoms with Gasteiger partial charge in [0.2, 0.25) is 5.91 Å². The molecule has 154 valence electrons. The van der Waals surface area contributed by atoms with Crippen molar-refractivity contribution in [1.82, 2.24) is 10.2 Å². The van der Waals surface area contributed by atoms with Crippen LogP contribution in [0.15, 0.2) is 18.2 Å². The van der Waals surface area contributed by atoms with E-state index >= 15 is 0 Å². The third-order valence-corrected chi connectivity index (χ3v) is 5.76. The first kappa shape index (κ1) is 20.5. The molecule has 7 heteroatoms. The molecular weight excluding hydrogens is 358 g/mol. The van der Waals surface area contributed by atoms with E-state index in [0.29, 0.717) is 24.7 Å². The third-order valence-electron chi connectivity index (χ3n) is 5.76. The Balaban J connectivity index is 1.60. The van der Waals surface area contributed by atoms with Crippen molar-refractivity contribution in [2.75, 3.05) is 39.8 Å². The van der Waals surface area contributed by atoms with Crippen LogP contribution in [0.3, 0.4) is 0 Å². The molecule has 1 heterocycles. The zero-order chi connectivity index (χ0) is 20.3. The third kappa shape index (κ3) is 4.58. The van der Waals surface area contributed by atoms with Crippen LogP contribution in [0.2, 0.25) is 0 Å². The summed E-state index contributed by atoms with van der Waals surface area (Å²) in [5.74, 6) is 0.736. The van der Waals surface area contributed by atoms with Crippen molar-refractivity contribution in [2.24, 2.45) is 0 Å². The molecule has 1 unspecified atom stereocenters. The van der Waals surface area contributed by atoms with E-state index < -0.39 is 0 Å². The van der Waals surface area contributed by atoms with Gasteiger partial charge in [-0.3, -0.25) is 9.59 Å².